The predicted molar refractivity (Wildman–Crippen MR) is 57.5 cm³/mol. The molecule has 1 N–H and O–H groups in total. The maximum absolute atomic E-state index is 8.73. The van der Waals surface area contributed by atoms with E-state index in [1.807, 2.05) is 31.2 Å². The molecule has 0 bridgehead atoms. The smallest absolute Gasteiger partial charge is 0.120 e. The lowest BCUT2D eigenvalue weighted by molar-refractivity contribution is 0.270. The Bertz CT molecular complexity index is 277. The third kappa shape index (κ3) is 3.23. The molecular weight excluding hydrogens is 176 g/mol. The van der Waals surface area contributed by atoms with Crippen molar-refractivity contribution < 1.29 is 9.84 Å². The number of benzene rings is 1. The third-order valence-corrected chi connectivity index (χ3v) is 1.98. The van der Waals surface area contributed by atoms with Crippen LogP contribution in [0.25, 0.3) is 0 Å². The minimum Gasteiger partial charge on any atom is -0.487 e. The molecule has 14 heavy (non-hydrogen) atoms. The number of hydrogen-bond acceptors (Lipinski definition) is 2. The van der Waals surface area contributed by atoms with E-state index in [2.05, 4.69) is 6.58 Å². The van der Waals surface area contributed by atoms with Gasteiger partial charge in [-0.2, -0.15) is 0 Å². The van der Waals surface area contributed by atoms with Crippen molar-refractivity contribution in [3.8, 4) is 5.75 Å². The molecular formula is C12H16O2. The molecule has 1 atom stereocenters. The molecule has 2 heteroatoms. The van der Waals surface area contributed by atoms with Gasteiger partial charge in [-0.05, 0) is 31.0 Å². The van der Waals surface area contributed by atoms with Gasteiger partial charge in [-0.15, -0.1) is 0 Å². The van der Waals surface area contributed by atoms with Gasteiger partial charge in [0.05, 0.1) is 0 Å². The lowest BCUT2D eigenvalue weighted by Gasteiger charge is -2.10. The zero-order valence-electron chi connectivity index (χ0n) is 8.44. The highest BCUT2D eigenvalue weighted by Gasteiger charge is 1.98. The van der Waals surface area contributed by atoms with Gasteiger partial charge in [0.1, 0.15) is 11.9 Å². The van der Waals surface area contributed by atoms with Crippen LogP contribution in [0.3, 0.4) is 0 Å². The number of ether oxygens (including phenoxy) is 1. The van der Waals surface area contributed by atoms with Crippen molar-refractivity contribution in [3.63, 3.8) is 0 Å². The Kier molecular flexibility index (Phi) is 4.20. The Morgan fingerprint density at radius 1 is 1.43 bits per heavy atom. The summed E-state index contributed by atoms with van der Waals surface area (Å²) >= 11 is 0. The molecule has 1 aromatic rings. The molecule has 0 heterocycles. The summed E-state index contributed by atoms with van der Waals surface area (Å²) in [6, 6.07) is 7.73. The van der Waals surface area contributed by atoms with E-state index >= 15 is 0 Å². The topological polar surface area (TPSA) is 29.5 Å². The van der Waals surface area contributed by atoms with Gasteiger partial charge in [-0.1, -0.05) is 24.8 Å². The molecule has 0 fully saturated rings. The summed E-state index contributed by atoms with van der Waals surface area (Å²) < 4.78 is 5.52. The van der Waals surface area contributed by atoms with E-state index in [1.54, 1.807) is 6.08 Å². The van der Waals surface area contributed by atoms with Crippen LogP contribution in [-0.4, -0.2) is 17.8 Å². The molecule has 1 aromatic carbocycles. The van der Waals surface area contributed by atoms with Crippen molar-refractivity contribution in [1.82, 2.24) is 0 Å². The van der Waals surface area contributed by atoms with E-state index in [0.29, 0.717) is 6.42 Å². The van der Waals surface area contributed by atoms with E-state index in [9.17, 15) is 0 Å². The lowest BCUT2D eigenvalue weighted by atomic mass is 10.1. The Morgan fingerprint density at radius 2 is 2.07 bits per heavy atom. The van der Waals surface area contributed by atoms with Crippen LogP contribution in [0, 0.1) is 0 Å². The van der Waals surface area contributed by atoms with Crippen molar-refractivity contribution in [1.29, 1.82) is 0 Å². The summed E-state index contributed by atoms with van der Waals surface area (Å²) in [5.41, 5.74) is 1.12. The first kappa shape index (κ1) is 10.8. The Balaban J connectivity index is 2.59. The van der Waals surface area contributed by atoms with Gasteiger partial charge < -0.3 is 9.84 Å². The first-order chi connectivity index (χ1) is 6.76. The van der Waals surface area contributed by atoms with Crippen LogP contribution in [0.2, 0.25) is 0 Å². The quantitative estimate of drug-likeness (QED) is 0.724. The van der Waals surface area contributed by atoms with E-state index in [-0.39, 0.29) is 12.7 Å². The van der Waals surface area contributed by atoms with Gasteiger partial charge >= 0.3 is 0 Å². The zero-order chi connectivity index (χ0) is 10.4. The molecule has 0 radical (unpaired) electrons. The first-order valence-corrected chi connectivity index (χ1v) is 4.75. The summed E-state index contributed by atoms with van der Waals surface area (Å²) in [4.78, 5) is 0. The predicted octanol–water partition coefficient (Wildman–Crippen LogP) is 2.17. The normalized spacial score (nSPS) is 12.1. The maximum atomic E-state index is 8.73. The second-order valence-electron chi connectivity index (χ2n) is 3.18. The number of hydrogen-bond donors (Lipinski definition) is 1. The van der Waals surface area contributed by atoms with Crippen LogP contribution in [0.4, 0.5) is 0 Å². The molecule has 1 unspecified atom stereocenters. The fraction of sp³-hybridized carbons (Fsp3) is 0.333. The molecule has 0 spiro atoms. The monoisotopic (exact) mass is 192 g/mol. The highest BCUT2D eigenvalue weighted by atomic mass is 16.5. The molecule has 0 saturated carbocycles. The van der Waals surface area contributed by atoms with Crippen LogP contribution in [0.5, 0.6) is 5.75 Å². The highest BCUT2D eigenvalue weighted by molar-refractivity contribution is 5.27. The molecule has 2 nitrogen and oxygen atoms in total. The minimum absolute atomic E-state index is 0.0266. The summed E-state index contributed by atoms with van der Waals surface area (Å²) in [5.74, 6) is 0.832. The molecule has 0 saturated heterocycles. The molecule has 1 rings (SSSR count). The van der Waals surface area contributed by atoms with E-state index in [4.69, 9.17) is 9.84 Å². The summed E-state index contributed by atoms with van der Waals surface area (Å²) in [6.07, 6.45) is 2.47. The summed E-state index contributed by atoms with van der Waals surface area (Å²) in [5, 5.41) is 8.73. The number of aliphatic hydroxyl groups excluding tert-OH is 1. The van der Waals surface area contributed by atoms with Gasteiger partial charge in [-0.25, -0.2) is 0 Å². The van der Waals surface area contributed by atoms with E-state index in [1.165, 1.54) is 0 Å². The number of aliphatic hydroxyl groups is 1. The van der Waals surface area contributed by atoms with Crippen LogP contribution in [0.1, 0.15) is 12.5 Å². The van der Waals surface area contributed by atoms with Crippen LogP contribution < -0.4 is 4.74 Å². The standard InChI is InChI=1S/C12H16O2/c1-3-10(2)14-12-6-4-11(5-7-12)8-9-13/h3-7,10,13H,1,8-9H2,2H3. The summed E-state index contributed by atoms with van der Waals surface area (Å²) in [6.45, 7) is 5.77. The fourth-order valence-electron chi connectivity index (χ4n) is 1.13. The molecule has 0 aliphatic rings. The zero-order valence-corrected chi connectivity index (χ0v) is 8.44. The summed E-state index contributed by atoms with van der Waals surface area (Å²) in [7, 11) is 0. The third-order valence-electron chi connectivity index (χ3n) is 1.98. The largest absolute Gasteiger partial charge is 0.487 e. The van der Waals surface area contributed by atoms with Gasteiger partial charge in [0.15, 0.2) is 0 Å². The molecule has 0 aromatic heterocycles. The lowest BCUT2D eigenvalue weighted by Crippen LogP contribution is -2.07. The Labute approximate surface area is 84.8 Å². The van der Waals surface area contributed by atoms with Crippen molar-refractivity contribution in [2.24, 2.45) is 0 Å². The van der Waals surface area contributed by atoms with E-state index < -0.39 is 0 Å². The van der Waals surface area contributed by atoms with Crippen molar-refractivity contribution >= 4 is 0 Å². The highest BCUT2D eigenvalue weighted by Crippen LogP contribution is 2.14. The molecule has 0 aliphatic heterocycles. The molecule has 76 valence electrons. The second kappa shape index (κ2) is 5.45. The van der Waals surface area contributed by atoms with Gasteiger partial charge in [0.2, 0.25) is 0 Å². The van der Waals surface area contributed by atoms with Gasteiger partial charge in [0.25, 0.3) is 0 Å². The van der Waals surface area contributed by atoms with E-state index in [0.717, 1.165) is 11.3 Å². The Morgan fingerprint density at radius 3 is 2.57 bits per heavy atom. The average Bonchev–Trinajstić information content (AvgIpc) is 2.21. The molecule has 0 amide bonds. The van der Waals surface area contributed by atoms with Crippen LogP contribution >= 0.6 is 0 Å². The van der Waals surface area contributed by atoms with Crippen molar-refractivity contribution in [2.75, 3.05) is 6.61 Å². The van der Waals surface area contributed by atoms with Crippen LogP contribution in [-0.2, 0) is 6.42 Å². The van der Waals surface area contributed by atoms with Crippen molar-refractivity contribution in [3.05, 3.63) is 42.5 Å². The molecule has 0 aliphatic carbocycles. The van der Waals surface area contributed by atoms with Gasteiger partial charge in [-0.3, -0.25) is 0 Å². The van der Waals surface area contributed by atoms with Crippen molar-refractivity contribution in [2.45, 2.75) is 19.4 Å². The maximum Gasteiger partial charge on any atom is 0.120 e. The second-order valence-corrected chi connectivity index (χ2v) is 3.18. The average molecular weight is 192 g/mol. The SMILES string of the molecule is C=CC(C)Oc1ccc(CCO)cc1. The Hall–Kier alpha value is -1.28. The van der Waals surface area contributed by atoms with Gasteiger partial charge in [0, 0.05) is 6.61 Å². The first-order valence-electron chi connectivity index (χ1n) is 4.75. The van der Waals surface area contributed by atoms with Crippen LogP contribution in [0.15, 0.2) is 36.9 Å². The minimum atomic E-state index is 0.0266. The fourth-order valence-corrected chi connectivity index (χ4v) is 1.13. The number of rotatable bonds is 5.